The third-order valence-electron chi connectivity index (χ3n) is 2.70. The Hall–Kier alpha value is -1.50. The molecule has 4 nitrogen and oxygen atoms in total. The maximum Gasteiger partial charge on any atom is 0.328 e. The van der Waals surface area contributed by atoms with E-state index in [1.807, 2.05) is 0 Å². The highest BCUT2D eigenvalue weighted by molar-refractivity contribution is 6.06. The molecular weight excluding hydrogens is 180 g/mol. The lowest BCUT2D eigenvalue weighted by Gasteiger charge is -2.22. The van der Waals surface area contributed by atoms with E-state index in [0.717, 1.165) is 4.90 Å². The second kappa shape index (κ2) is 3.02. The van der Waals surface area contributed by atoms with E-state index in [1.54, 1.807) is 27.8 Å². The van der Waals surface area contributed by atoms with Crippen LogP contribution in [0.25, 0.3) is 0 Å². The molecule has 76 valence electrons. The quantitative estimate of drug-likeness (QED) is 0.455. The van der Waals surface area contributed by atoms with Gasteiger partial charge in [-0.05, 0) is 20.8 Å². The first kappa shape index (κ1) is 10.6. The highest BCUT2D eigenvalue weighted by Crippen LogP contribution is 2.26. The standard InChI is InChI=1S/C10H14N2O2/c1-6-7(2)12-8(13)10(3,4)11(5)9(12)14/h1,7H,2-5H3. The minimum absolute atomic E-state index is 0.240. The minimum atomic E-state index is -0.789. The number of carbonyl (C=O) groups is 2. The molecule has 1 saturated heterocycles. The van der Waals surface area contributed by atoms with Crippen molar-refractivity contribution in [1.82, 2.24) is 9.80 Å². The molecular formula is C10H14N2O2. The number of carbonyl (C=O) groups excluding carboxylic acids is 2. The summed E-state index contributed by atoms with van der Waals surface area (Å²) >= 11 is 0. The smallest absolute Gasteiger partial charge is 0.313 e. The van der Waals surface area contributed by atoms with Crippen LogP contribution in [-0.2, 0) is 4.79 Å². The molecule has 1 aliphatic rings. The van der Waals surface area contributed by atoms with Crippen molar-refractivity contribution in [3.63, 3.8) is 0 Å². The first-order valence-corrected chi connectivity index (χ1v) is 4.41. The maximum atomic E-state index is 11.8. The van der Waals surface area contributed by atoms with E-state index in [-0.39, 0.29) is 11.9 Å². The molecule has 3 amide bonds. The van der Waals surface area contributed by atoms with E-state index < -0.39 is 11.6 Å². The molecule has 4 heteroatoms. The summed E-state index contributed by atoms with van der Waals surface area (Å²) in [5, 5.41) is 0. The zero-order valence-electron chi connectivity index (χ0n) is 8.87. The Kier molecular flexibility index (Phi) is 2.28. The van der Waals surface area contributed by atoms with E-state index >= 15 is 0 Å². The average Bonchev–Trinajstić information content (AvgIpc) is 2.28. The fourth-order valence-electron chi connectivity index (χ4n) is 1.34. The molecule has 1 heterocycles. The number of rotatable bonds is 1. The third-order valence-corrected chi connectivity index (χ3v) is 2.70. The van der Waals surface area contributed by atoms with Crippen molar-refractivity contribution >= 4 is 11.9 Å². The fraction of sp³-hybridized carbons (Fsp3) is 0.600. The lowest BCUT2D eigenvalue weighted by molar-refractivity contribution is -0.132. The molecule has 1 aliphatic heterocycles. The lowest BCUT2D eigenvalue weighted by atomic mass is 10.0. The normalized spacial score (nSPS) is 22.5. The molecule has 14 heavy (non-hydrogen) atoms. The van der Waals surface area contributed by atoms with Crippen LogP contribution in [0.1, 0.15) is 20.8 Å². The Balaban J connectivity index is 3.10. The third kappa shape index (κ3) is 1.17. The molecule has 0 aliphatic carbocycles. The molecule has 0 radical (unpaired) electrons. The Morgan fingerprint density at radius 2 is 1.93 bits per heavy atom. The topological polar surface area (TPSA) is 40.6 Å². The summed E-state index contributed by atoms with van der Waals surface area (Å²) in [5.74, 6) is 2.14. The number of hydrogen-bond acceptors (Lipinski definition) is 2. The summed E-state index contributed by atoms with van der Waals surface area (Å²) in [7, 11) is 1.60. The van der Waals surface area contributed by atoms with Crippen molar-refractivity contribution < 1.29 is 9.59 Å². The van der Waals surface area contributed by atoms with Crippen LogP contribution >= 0.6 is 0 Å². The van der Waals surface area contributed by atoms with Crippen LogP contribution in [0.15, 0.2) is 0 Å². The van der Waals surface area contributed by atoms with Crippen molar-refractivity contribution in [2.45, 2.75) is 32.4 Å². The van der Waals surface area contributed by atoms with Crippen molar-refractivity contribution in [2.24, 2.45) is 0 Å². The van der Waals surface area contributed by atoms with Gasteiger partial charge in [0.15, 0.2) is 0 Å². The molecule has 0 spiro atoms. The Morgan fingerprint density at radius 3 is 2.21 bits per heavy atom. The molecule has 1 unspecified atom stereocenters. The van der Waals surface area contributed by atoms with Gasteiger partial charge in [-0.25, -0.2) is 9.69 Å². The van der Waals surface area contributed by atoms with Crippen molar-refractivity contribution in [3.8, 4) is 12.3 Å². The summed E-state index contributed by atoms with van der Waals surface area (Å²) in [4.78, 5) is 26.0. The first-order chi connectivity index (χ1) is 6.34. The second-order valence-corrected chi connectivity index (χ2v) is 3.92. The van der Waals surface area contributed by atoms with Crippen LogP contribution in [0.4, 0.5) is 4.79 Å². The van der Waals surface area contributed by atoms with Crippen LogP contribution in [-0.4, -0.2) is 40.4 Å². The van der Waals surface area contributed by atoms with E-state index in [4.69, 9.17) is 6.42 Å². The van der Waals surface area contributed by atoms with Crippen LogP contribution in [0.2, 0.25) is 0 Å². The number of likely N-dealkylation sites (N-methyl/N-ethyl adjacent to an activating group) is 1. The molecule has 0 saturated carbocycles. The lowest BCUT2D eigenvalue weighted by Crippen LogP contribution is -2.42. The molecule has 0 aromatic heterocycles. The van der Waals surface area contributed by atoms with Crippen LogP contribution < -0.4 is 0 Å². The van der Waals surface area contributed by atoms with Gasteiger partial charge in [0.1, 0.15) is 5.54 Å². The van der Waals surface area contributed by atoms with Crippen LogP contribution in [0.5, 0.6) is 0 Å². The van der Waals surface area contributed by atoms with E-state index in [0.29, 0.717) is 0 Å². The van der Waals surface area contributed by atoms with E-state index in [9.17, 15) is 9.59 Å². The molecule has 1 atom stereocenters. The van der Waals surface area contributed by atoms with Gasteiger partial charge in [-0.2, -0.15) is 0 Å². The molecule has 1 rings (SSSR count). The largest absolute Gasteiger partial charge is 0.328 e. The number of hydrogen-bond donors (Lipinski definition) is 0. The fourth-order valence-corrected chi connectivity index (χ4v) is 1.34. The van der Waals surface area contributed by atoms with Crippen LogP contribution in [0.3, 0.4) is 0 Å². The second-order valence-electron chi connectivity index (χ2n) is 3.92. The number of amides is 3. The highest BCUT2D eigenvalue weighted by atomic mass is 16.2. The van der Waals surface area contributed by atoms with Gasteiger partial charge in [0.05, 0.1) is 6.04 Å². The Labute approximate surface area is 83.9 Å². The Bertz CT molecular complexity index is 328. The summed E-state index contributed by atoms with van der Waals surface area (Å²) in [6.45, 7) is 5.07. The molecule has 0 aromatic carbocycles. The van der Waals surface area contributed by atoms with Gasteiger partial charge in [-0.3, -0.25) is 4.79 Å². The summed E-state index contributed by atoms with van der Waals surface area (Å²) in [5.41, 5.74) is -0.789. The first-order valence-electron chi connectivity index (χ1n) is 4.41. The molecule has 0 bridgehead atoms. The Morgan fingerprint density at radius 1 is 1.43 bits per heavy atom. The minimum Gasteiger partial charge on any atom is -0.313 e. The summed E-state index contributed by atoms with van der Waals surface area (Å²) in [6, 6.07) is -0.815. The van der Waals surface area contributed by atoms with Gasteiger partial charge in [0.25, 0.3) is 5.91 Å². The van der Waals surface area contributed by atoms with Gasteiger partial charge in [0, 0.05) is 7.05 Å². The number of urea groups is 1. The zero-order valence-corrected chi connectivity index (χ0v) is 8.87. The predicted octanol–water partition coefficient (Wildman–Crippen LogP) is 0.681. The summed E-state index contributed by atoms with van der Waals surface area (Å²) < 4.78 is 0. The van der Waals surface area contributed by atoms with Crippen molar-refractivity contribution in [3.05, 3.63) is 0 Å². The number of terminal acetylenes is 1. The molecule has 0 N–H and O–H groups in total. The van der Waals surface area contributed by atoms with Gasteiger partial charge in [0.2, 0.25) is 0 Å². The SMILES string of the molecule is C#CC(C)N1C(=O)N(C)C(C)(C)C1=O. The average molecular weight is 194 g/mol. The van der Waals surface area contributed by atoms with E-state index in [2.05, 4.69) is 5.92 Å². The van der Waals surface area contributed by atoms with Gasteiger partial charge in [-0.15, -0.1) is 6.42 Å². The number of nitrogens with zero attached hydrogens (tertiary/aromatic N) is 2. The van der Waals surface area contributed by atoms with Gasteiger partial charge < -0.3 is 4.90 Å². The maximum absolute atomic E-state index is 11.8. The highest BCUT2D eigenvalue weighted by Gasteiger charge is 2.50. The van der Waals surface area contributed by atoms with E-state index in [1.165, 1.54) is 4.90 Å². The predicted molar refractivity (Wildman–Crippen MR) is 52.4 cm³/mol. The molecule has 1 fully saturated rings. The van der Waals surface area contributed by atoms with Crippen molar-refractivity contribution in [1.29, 1.82) is 0 Å². The van der Waals surface area contributed by atoms with Crippen LogP contribution in [0, 0.1) is 12.3 Å². The van der Waals surface area contributed by atoms with Crippen molar-refractivity contribution in [2.75, 3.05) is 7.05 Å². The zero-order chi connectivity index (χ0) is 11.1. The monoisotopic (exact) mass is 194 g/mol. The summed E-state index contributed by atoms with van der Waals surface area (Å²) in [6.07, 6.45) is 5.20. The molecule has 0 aromatic rings. The van der Waals surface area contributed by atoms with Gasteiger partial charge >= 0.3 is 6.03 Å². The number of imide groups is 1. The van der Waals surface area contributed by atoms with Gasteiger partial charge in [-0.1, -0.05) is 5.92 Å².